The molecular weight excluding hydrogens is 248 g/mol. The number of aryl methyl sites for hydroxylation is 1. The second-order valence-corrected chi connectivity index (χ2v) is 4.84. The number of carbonyl (C=O) groups excluding carboxylic acids is 1. The molecule has 2 aromatic carbocycles. The third kappa shape index (κ3) is 3.24. The SMILES string of the molecule is Cc1ccc(C(=O)N(C)Cc2ccc(C#N)cc2)cc1. The van der Waals surface area contributed by atoms with Crippen LogP contribution in [-0.4, -0.2) is 17.9 Å². The Morgan fingerprint density at radius 2 is 1.70 bits per heavy atom. The predicted octanol–water partition coefficient (Wildman–Crippen LogP) is 3.14. The van der Waals surface area contributed by atoms with E-state index in [1.807, 2.05) is 43.3 Å². The van der Waals surface area contributed by atoms with Crippen molar-refractivity contribution in [1.82, 2.24) is 4.90 Å². The molecule has 2 aromatic rings. The van der Waals surface area contributed by atoms with Crippen molar-refractivity contribution in [1.29, 1.82) is 5.26 Å². The minimum absolute atomic E-state index is 0.00522. The molecule has 0 unspecified atom stereocenters. The summed E-state index contributed by atoms with van der Waals surface area (Å²) in [6, 6.07) is 16.9. The van der Waals surface area contributed by atoms with Gasteiger partial charge in [-0.2, -0.15) is 5.26 Å². The van der Waals surface area contributed by atoms with Crippen molar-refractivity contribution in [2.45, 2.75) is 13.5 Å². The molecule has 2 rings (SSSR count). The van der Waals surface area contributed by atoms with Gasteiger partial charge in [0.2, 0.25) is 0 Å². The molecule has 0 aliphatic heterocycles. The van der Waals surface area contributed by atoms with Gasteiger partial charge in [0, 0.05) is 19.2 Å². The number of nitrogens with zero attached hydrogens (tertiary/aromatic N) is 2. The number of nitriles is 1. The van der Waals surface area contributed by atoms with Crippen LogP contribution in [-0.2, 0) is 6.54 Å². The Hall–Kier alpha value is -2.60. The van der Waals surface area contributed by atoms with Crippen LogP contribution >= 0.6 is 0 Å². The monoisotopic (exact) mass is 264 g/mol. The zero-order valence-corrected chi connectivity index (χ0v) is 11.6. The molecule has 0 atom stereocenters. The fourth-order valence-corrected chi connectivity index (χ4v) is 1.95. The van der Waals surface area contributed by atoms with Gasteiger partial charge in [0.15, 0.2) is 0 Å². The molecule has 0 aliphatic carbocycles. The van der Waals surface area contributed by atoms with Crippen molar-refractivity contribution in [3.63, 3.8) is 0 Å². The molecule has 0 fully saturated rings. The van der Waals surface area contributed by atoms with Crippen LogP contribution in [0, 0.1) is 18.3 Å². The van der Waals surface area contributed by atoms with E-state index >= 15 is 0 Å². The van der Waals surface area contributed by atoms with E-state index in [0.717, 1.165) is 11.1 Å². The van der Waals surface area contributed by atoms with E-state index in [0.29, 0.717) is 17.7 Å². The Morgan fingerprint density at radius 3 is 2.25 bits per heavy atom. The minimum atomic E-state index is -0.00522. The lowest BCUT2D eigenvalue weighted by molar-refractivity contribution is 0.0785. The van der Waals surface area contributed by atoms with Crippen molar-refractivity contribution in [2.75, 3.05) is 7.05 Å². The highest BCUT2D eigenvalue weighted by atomic mass is 16.2. The summed E-state index contributed by atoms with van der Waals surface area (Å²) in [5.41, 5.74) is 3.45. The summed E-state index contributed by atoms with van der Waals surface area (Å²) in [5.74, 6) is -0.00522. The summed E-state index contributed by atoms with van der Waals surface area (Å²) in [7, 11) is 1.78. The van der Waals surface area contributed by atoms with Crippen LogP contribution in [0.4, 0.5) is 0 Å². The fraction of sp³-hybridized carbons (Fsp3) is 0.176. The second kappa shape index (κ2) is 6.03. The van der Waals surface area contributed by atoms with Crippen molar-refractivity contribution in [3.8, 4) is 6.07 Å². The van der Waals surface area contributed by atoms with Crippen LogP contribution < -0.4 is 0 Å². The quantitative estimate of drug-likeness (QED) is 0.854. The van der Waals surface area contributed by atoms with Gasteiger partial charge in [-0.05, 0) is 36.8 Å². The van der Waals surface area contributed by atoms with Gasteiger partial charge in [-0.3, -0.25) is 4.79 Å². The Labute approximate surface area is 119 Å². The van der Waals surface area contributed by atoms with Gasteiger partial charge in [-0.25, -0.2) is 0 Å². The van der Waals surface area contributed by atoms with E-state index in [-0.39, 0.29) is 5.91 Å². The third-order valence-electron chi connectivity index (χ3n) is 3.15. The number of carbonyl (C=O) groups is 1. The Bertz CT molecular complexity index is 636. The number of hydrogen-bond acceptors (Lipinski definition) is 2. The number of benzene rings is 2. The highest BCUT2D eigenvalue weighted by Crippen LogP contribution is 2.10. The first-order chi connectivity index (χ1) is 9.60. The highest BCUT2D eigenvalue weighted by Gasteiger charge is 2.11. The molecule has 3 nitrogen and oxygen atoms in total. The Balaban J connectivity index is 2.07. The highest BCUT2D eigenvalue weighted by molar-refractivity contribution is 5.94. The molecule has 20 heavy (non-hydrogen) atoms. The third-order valence-corrected chi connectivity index (χ3v) is 3.15. The lowest BCUT2D eigenvalue weighted by Crippen LogP contribution is -2.26. The van der Waals surface area contributed by atoms with Gasteiger partial charge in [-0.1, -0.05) is 29.8 Å². The van der Waals surface area contributed by atoms with Crippen LogP contribution in [0.25, 0.3) is 0 Å². The van der Waals surface area contributed by atoms with Crippen molar-refractivity contribution in [3.05, 3.63) is 70.8 Å². The Morgan fingerprint density at radius 1 is 1.10 bits per heavy atom. The summed E-state index contributed by atoms with van der Waals surface area (Å²) in [6.07, 6.45) is 0. The van der Waals surface area contributed by atoms with E-state index in [1.54, 1.807) is 24.1 Å². The summed E-state index contributed by atoms with van der Waals surface area (Å²) in [4.78, 5) is 13.9. The van der Waals surface area contributed by atoms with Crippen molar-refractivity contribution >= 4 is 5.91 Å². The Kier molecular flexibility index (Phi) is 4.17. The van der Waals surface area contributed by atoms with Crippen LogP contribution in [0.3, 0.4) is 0 Å². The van der Waals surface area contributed by atoms with E-state index in [9.17, 15) is 4.79 Å². The maximum atomic E-state index is 12.3. The summed E-state index contributed by atoms with van der Waals surface area (Å²) in [6.45, 7) is 2.52. The first-order valence-corrected chi connectivity index (χ1v) is 6.41. The molecule has 0 radical (unpaired) electrons. The molecule has 100 valence electrons. The topological polar surface area (TPSA) is 44.1 Å². The maximum Gasteiger partial charge on any atom is 0.253 e. The molecule has 3 heteroatoms. The zero-order chi connectivity index (χ0) is 14.5. The first-order valence-electron chi connectivity index (χ1n) is 6.41. The molecule has 0 N–H and O–H groups in total. The maximum absolute atomic E-state index is 12.3. The molecule has 0 spiro atoms. The standard InChI is InChI=1S/C17H16N2O/c1-13-3-9-16(10-4-13)17(20)19(2)12-15-7-5-14(11-18)6-8-15/h3-10H,12H2,1-2H3. The molecule has 1 amide bonds. The van der Waals surface area contributed by atoms with Gasteiger partial charge in [0.05, 0.1) is 11.6 Å². The average Bonchev–Trinajstić information content (AvgIpc) is 2.48. The van der Waals surface area contributed by atoms with Gasteiger partial charge in [0.1, 0.15) is 0 Å². The van der Waals surface area contributed by atoms with E-state index in [2.05, 4.69) is 6.07 Å². The van der Waals surface area contributed by atoms with E-state index < -0.39 is 0 Å². The molecular formula is C17H16N2O. The van der Waals surface area contributed by atoms with Crippen LogP contribution in [0.5, 0.6) is 0 Å². The summed E-state index contributed by atoms with van der Waals surface area (Å²) < 4.78 is 0. The molecule has 0 saturated heterocycles. The van der Waals surface area contributed by atoms with E-state index in [4.69, 9.17) is 5.26 Å². The number of rotatable bonds is 3. The van der Waals surface area contributed by atoms with Gasteiger partial charge in [-0.15, -0.1) is 0 Å². The molecule has 0 aliphatic rings. The van der Waals surface area contributed by atoms with Crippen molar-refractivity contribution in [2.24, 2.45) is 0 Å². The minimum Gasteiger partial charge on any atom is -0.337 e. The number of amides is 1. The van der Waals surface area contributed by atoms with Crippen LogP contribution in [0.1, 0.15) is 27.0 Å². The molecule has 0 aromatic heterocycles. The van der Waals surface area contributed by atoms with Crippen molar-refractivity contribution < 1.29 is 4.79 Å². The smallest absolute Gasteiger partial charge is 0.253 e. The van der Waals surface area contributed by atoms with Gasteiger partial charge < -0.3 is 4.90 Å². The molecule has 0 saturated carbocycles. The summed E-state index contributed by atoms with van der Waals surface area (Å²) in [5, 5.41) is 8.76. The molecule has 0 bridgehead atoms. The lowest BCUT2D eigenvalue weighted by atomic mass is 10.1. The van der Waals surface area contributed by atoms with Crippen LogP contribution in [0.15, 0.2) is 48.5 Å². The van der Waals surface area contributed by atoms with Gasteiger partial charge in [0.25, 0.3) is 5.91 Å². The predicted molar refractivity (Wildman–Crippen MR) is 78.1 cm³/mol. The average molecular weight is 264 g/mol. The van der Waals surface area contributed by atoms with E-state index in [1.165, 1.54) is 0 Å². The second-order valence-electron chi connectivity index (χ2n) is 4.84. The van der Waals surface area contributed by atoms with Gasteiger partial charge >= 0.3 is 0 Å². The largest absolute Gasteiger partial charge is 0.337 e. The lowest BCUT2D eigenvalue weighted by Gasteiger charge is -2.17. The van der Waals surface area contributed by atoms with Crippen LogP contribution in [0.2, 0.25) is 0 Å². The number of hydrogen-bond donors (Lipinski definition) is 0. The molecule has 0 heterocycles. The normalized spacial score (nSPS) is 9.85. The fourth-order valence-electron chi connectivity index (χ4n) is 1.95. The first kappa shape index (κ1) is 13.8. The summed E-state index contributed by atoms with van der Waals surface area (Å²) >= 11 is 0. The zero-order valence-electron chi connectivity index (χ0n) is 11.6.